The molecule has 0 unspecified atom stereocenters. The molecule has 2 aliphatic rings. The molecule has 1 aliphatic heterocycles. The van der Waals surface area contributed by atoms with Gasteiger partial charge in [0.2, 0.25) is 5.91 Å². The zero-order valence-corrected chi connectivity index (χ0v) is 18.5. The highest BCUT2D eigenvalue weighted by Crippen LogP contribution is 2.33. The molecule has 0 atom stereocenters. The zero-order chi connectivity index (χ0) is 23.2. The van der Waals surface area contributed by atoms with Crippen molar-refractivity contribution in [1.82, 2.24) is 29.7 Å². The lowest BCUT2D eigenvalue weighted by Gasteiger charge is -2.20. The van der Waals surface area contributed by atoms with Crippen LogP contribution in [-0.4, -0.2) is 49.3 Å². The van der Waals surface area contributed by atoms with Gasteiger partial charge in [0.05, 0.1) is 18.3 Å². The zero-order valence-electron chi connectivity index (χ0n) is 18.5. The third-order valence-corrected chi connectivity index (χ3v) is 6.07. The molecule has 2 N–H and O–H groups in total. The van der Waals surface area contributed by atoms with Crippen molar-refractivity contribution in [2.45, 2.75) is 25.3 Å². The lowest BCUT2D eigenvalue weighted by atomic mass is 10.1. The predicted octanol–water partition coefficient (Wildman–Crippen LogP) is 2.69. The molecule has 0 spiro atoms. The van der Waals surface area contributed by atoms with E-state index >= 15 is 0 Å². The molecule has 170 valence electrons. The number of carbonyl (C=O) groups excluding carboxylic acids is 2. The van der Waals surface area contributed by atoms with E-state index in [2.05, 4.69) is 32.8 Å². The fraction of sp³-hybridized carbons (Fsp3) is 0.208. The highest BCUT2D eigenvalue weighted by Gasteiger charge is 2.29. The first-order valence-electron chi connectivity index (χ1n) is 11.1. The summed E-state index contributed by atoms with van der Waals surface area (Å²) < 4.78 is 3.58. The van der Waals surface area contributed by atoms with E-state index in [1.807, 2.05) is 42.6 Å². The van der Waals surface area contributed by atoms with Crippen molar-refractivity contribution >= 4 is 40.9 Å². The van der Waals surface area contributed by atoms with Gasteiger partial charge in [-0.15, -0.1) is 0 Å². The summed E-state index contributed by atoms with van der Waals surface area (Å²) in [6.07, 6.45) is 9.35. The fourth-order valence-corrected chi connectivity index (χ4v) is 4.11. The molecule has 1 saturated carbocycles. The van der Waals surface area contributed by atoms with E-state index in [9.17, 15) is 9.59 Å². The molecular weight excluding hydrogens is 432 g/mol. The summed E-state index contributed by atoms with van der Waals surface area (Å²) in [5, 5.41) is 14.5. The topological polar surface area (TPSA) is 109 Å². The number of benzene rings is 1. The predicted molar refractivity (Wildman–Crippen MR) is 127 cm³/mol. The van der Waals surface area contributed by atoms with Gasteiger partial charge in [0.25, 0.3) is 5.91 Å². The van der Waals surface area contributed by atoms with Gasteiger partial charge in [0, 0.05) is 48.4 Å². The van der Waals surface area contributed by atoms with Crippen molar-refractivity contribution < 1.29 is 9.59 Å². The molecule has 34 heavy (non-hydrogen) atoms. The van der Waals surface area contributed by atoms with Crippen molar-refractivity contribution in [1.29, 1.82) is 0 Å². The normalized spacial score (nSPS) is 16.9. The minimum Gasteiger partial charge on any atom is -0.356 e. The SMILES string of the molecule is CN(c1cc(Nc2ccc(-n3cccn3)cc2)nc2c(/C=C3\CC(=O)NC3=O)cnn12)C1CC1. The Bertz CT molecular complexity index is 1430. The quantitative estimate of drug-likeness (QED) is 0.341. The third kappa shape index (κ3) is 3.68. The van der Waals surface area contributed by atoms with Gasteiger partial charge in [-0.25, -0.2) is 9.67 Å². The fourth-order valence-electron chi connectivity index (χ4n) is 4.11. The molecule has 0 bridgehead atoms. The van der Waals surface area contributed by atoms with Crippen molar-refractivity contribution in [3.63, 3.8) is 0 Å². The van der Waals surface area contributed by atoms with E-state index in [0.29, 0.717) is 28.6 Å². The molecule has 3 aromatic heterocycles. The van der Waals surface area contributed by atoms with Crippen molar-refractivity contribution in [2.24, 2.45) is 0 Å². The third-order valence-electron chi connectivity index (χ3n) is 6.07. The average Bonchev–Trinajstić information content (AvgIpc) is 3.22. The van der Waals surface area contributed by atoms with Crippen LogP contribution in [0.3, 0.4) is 0 Å². The molecule has 2 fully saturated rings. The molecule has 1 aliphatic carbocycles. The minimum absolute atomic E-state index is 0.0611. The monoisotopic (exact) mass is 454 g/mol. The lowest BCUT2D eigenvalue weighted by Crippen LogP contribution is -2.23. The van der Waals surface area contributed by atoms with E-state index in [-0.39, 0.29) is 18.2 Å². The Kier molecular flexibility index (Phi) is 4.65. The summed E-state index contributed by atoms with van der Waals surface area (Å²) in [6.45, 7) is 0. The molecule has 4 aromatic rings. The van der Waals surface area contributed by atoms with Gasteiger partial charge >= 0.3 is 0 Å². The van der Waals surface area contributed by atoms with E-state index in [4.69, 9.17) is 4.98 Å². The van der Waals surface area contributed by atoms with Crippen molar-refractivity contribution in [3.8, 4) is 5.69 Å². The number of carbonyl (C=O) groups is 2. The Morgan fingerprint density at radius 1 is 1.18 bits per heavy atom. The number of fused-ring (bicyclic) bond motifs is 1. The average molecular weight is 454 g/mol. The van der Waals surface area contributed by atoms with E-state index in [1.54, 1.807) is 27.7 Å². The van der Waals surface area contributed by atoms with Crippen LogP contribution < -0.4 is 15.5 Å². The molecule has 4 heterocycles. The highest BCUT2D eigenvalue weighted by molar-refractivity contribution is 6.15. The Hall–Kier alpha value is -4.47. The minimum atomic E-state index is -0.369. The Morgan fingerprint density at radius 3 is 2.68 bits per heavy atom. The number of rotatable bonds is 6. The molecule has 6 rings (SSSR count). The first-order valence-corrected chi connectivity index (χ1v) is 11.1. The molecule has 2 amide bonds. The van der Waals surface area contributed by atoms with Crippen LogP contribution in [-0.2, 0) is 9.59 Å². The lowest BCUT2D eigenvalue weighted by molar-refractivity contribution is -0.124. The summed E-state index contributed by atoms with van der Waals surface area (Å²) in [5.74, 6) is 0.899. The second kappa shape index (κ2) is 7.84. The molecule has 1 aromatic carbocycles. The van der Waals surface area contributed by atoms with Gasteiger partial charge in [-0.2, -0.15) is 14.7 Å². The summed E-state index contributed by atoms with van der Waals surface area (Å²) in [4.78, 5) is 30.7. The van der Waals surface area contributed by atoms with E-state index in [0.717, 1.165) is 30.0 Å². The van der Waals surface area contributed by atoms with Gasteiger partial charge in [0.1, 0.15) is 11.6 Å². The summed E-state index contributed by atoms with van der Waals surface area (Å²) in [5.41, 5.74) is 3.55. The number of nitrogens with zero attached hydrogens (tertiary/aromatic N) is 6. The smallest absolute Gasteiger partial charge is 0.254 e. The number of imide groups is 1. The highest BCUT2D eigenvalue weighted by atomic mass is 16.2. The second-order valence-corrected chi connectivity index (χ2v) is 8.52. The molecule has 0 radical (unpaired) electrons. The summed E-state index contributed by atoms with van der Waals surface area (Å²) in [7, 11) is 2.05. The number of nitrogens with one attached hydrogen (secondary N) is 2. The van der Waals surface area contributed by atoms with Gasteiger partial charge < -0.3 is 10.2 Å². The van der Waals surface area contributed by atoms with Crippen molar-refractivity contribution in [3.05, 3.63) is 66.1 Å². The van der Waals surface area contributed by atoms with E-state index < -0.39 is 0 Å². The number of amides is 2. The number of aromatic nitrogens is 5. The standard InChI is InChI=1S/C24H22N8O2/c1-30(18-7-8-18)22-13-20(27-17-3-5-19(6-4-17)31-10-2-9-25-31)28-23-16(14-26-32(22)23)11-15-12-21(33)29-24(15)34/h2-6,9-11,13-14,18H,7-8,12H2,1H3,(H,27,28)(H,29,33,34)/b15-11+. The van der Waals surface area contributed by atoms with Crippen LogP contribution in [0.2, 0.25) is 0 Å². The summed E-state index contributed by atoms with van der Waals surface area (Å²) in [6, 6.07) is 12.2. The largest absolute Gasteiger partial charge is 0.356 e. The maximum Gasteiger partial charge on any atom is 0.254 e. The van der Waals surface area contributed by atoms with Crippen LogP contribution in [0.25, 0.3) is 17.4 Å². The van der Waals surface area contributed by atoms with Crippen LogP contribution in [0.1, 0.15) is 24.8 Å². The molecule has 1 saturated heterocycles. The first-order chi connectivity index (χ1) is 16.5. The van der Waals surface area contributed by atoms with Gasteiger partial charge in [0.15, 0.2) is 5.65 Å². The number of anilines is 3. The number of hydrogen-bond donors (Lipinski definition) is 2. The van der Waals surface area contributed by atoms with Crippen LogP contribution in [0.15, 0.2) is 60.6 Å². The van der Waals surface area contributed by atoms with Crippen molar-refractivity contribution in [2.75, 3.05) is 17.3 Å². The molecular formula is C24H22N8O2. The van der Waals surface area contributed by atoms with Crippen LogP contribution in [0.4, 0.5) is 17.3 Å². The van der Waals surface area contributed by atoms with Gasteiger partial charge in [-0.3, -0.25) is 14.9 Å². The van der Waals surface area contributed by atoms with Gasteiger partial charge in [-0.1, -0.05) is 0 Å². The van der Waals surface area contributed by atoms with E-state index in [1.165, 1.54) is 0 Å². The number of hydrogen-bond acceptors (Lipinski definition) is 7. The van der Waals surface area contributed by atoms with Gasteiger partial charge in [-0.05, 0) is 49.2 Å². The van der Waals surface area contributed by atoms with Crippen LogP contribution in [0.5, 0.6) is 0 Å². The molecule has 10 heteroatoms. The van der Waals surface area contributed by atoms with Crippen LogP contribution >= 0.6 is 0 Å². The first kappa shape index (κ1) is 20.2. The molecule has 10 nitrogen and oxygen atoms in total. The Morgan fingerprint density at radius 2 is 2.00 bits per heavy atom. The van der Waals surface area contributed by atoms with Crippen LogP contribution in [0, 0.1) is 0 Å². The summed E-state index contributed by atoms with van der Waals surface area (Å²) >= 11 is 0. The Balaban J connectivity index is 1.38. The Labute approximate surface area is 194 Å². The second-order valence-electron chi connectivity index (χ2n) is 8.52. The maximum atomic E-state index is 12.1. The maximum absolute atomic E-state index is 12.1.